The van der Waals surface area contributed by atoms with E-state index >= 15 is 0 Å². The molecule has 1 amide bonds. The number of halogens is 3. The first-order valence-electron chi connectivity index (χ1n) is 8.48. The minimum atomic E-state index is -4.62. The number of hydrogen-bond acceptors (Lipinski definition) is 4. The van der Waals surface area contributed by atoms with Crippen molar-refractivity contribution >= 4 is 16.1 Å². The Morgan fingerprint density at radius 1 is 1.15 bits per heavy atom. The molecule has 1 aromatic rings. The van der Waals surface area contributed by atoms with Gasteiger partial charge in [-0.1, -0.05) is 6.07 Å². The molecule has 10 heteroatoms. The normalized spacial score (nSPS) is 23.7. The number of nitrogens with zero attached hydrogens (tertiary/aromatic N) is 2. The minimum Gasteiger partial charge on any atom is -0.444 e. The Morgan fingerprint density at radius 2 is 1.81 bits per heavy atom. The van der Waals surface area contributed by atoms with Gasteiger partial charge in [-0.3, -0.25) is 0 Å². The van der Waals surface area contributed by atoms with Gasteiger partial charge in [-0.25, -0.2) is 13.2 Å². The lowest BCUT2D eigenvalue weighted by molar-refractivity contribution is -0.137. The van der Waals surface area contributed by atoms with E-state index in [1.807, 2.05) is 0 Å². The van der Waals surface area contributed by atoms with Gasteiger partial charge < -0.3 is 9.64 Å². The molecule has 2 bridgehead atoms. The standard InChI is InChI=1S/C17H21F3N2O4S/c1-16(2,3)26-15(23)21-9-13-8-12(21)10-22(13)27(24,25)14-6-4-5-11(7-14)17(18,19)20/h4-7,12-13H,8-10H2,1-3H3/t12-,13-/m1/s1. The molecule has 0 aromatic heterocycles. The number of sulfonamides is 1. The van der Waals surface area contributed by atoms with Gasteiger partial charge in [-0.15, -0.1) is 0 Å². The van der Waals surface area contributed by atoms with Gasteiger partial charge >= 0.3 is 12.3 Å². The number of benzene rings is 1. The van der Waals surface area contributed by atoms with Crippen LogP contribution in [0.25, 0.3) is 0 Å². The molecule has 0 radical (unpaired) electrons. The van der Waals surface area contributed by atoms with Crippen molar-refractivity contribution in [2.45, 2.75) is 55.9 Å². The SMILES string of the molecule is CC(C)(C)OC(=O)N1C[C@H]2C[C@@H]1CN2S(=O)(=O)c1cccc(C(F)(F)F)c1. The van der Waals surface area contributed by atoms with E-state index in [0.717, 1.165) is 18.2 Å². The maximum atomic E-state index is 12.9. The van der Waals surface area contributed by atoms with Crippen molar-refractivity contribution in [1.82, 2.24) is 9.21 Å². The zero-order valence-corrected chi connectivity index (χ0v) is 16.0. The third-order valence-electron chi connectivity index (χ3n) is 4.59. The minimum absolute atomic E-state index is 0.0441. The van der Waals surface area contributed by atoms with Crippen molar-refractivity contribution < 1.29 is 31.1 Å². The summed E-state index contributed by atoms with van der Waals surface area (Å²) < 4.78 is 70.9. The van der Waals surface area contributed by atoms with Crippen LogP contribution in [0.5, 0.6) is 0 Å². The molecule has 2 heterocycles. The van der Waals surface area contributed by atoms with Gasteiger partial charge in [0.2, 0.25) is 10.0 Å². The molecule has 2 saturated heterocycles. The van der Waals surface area contributed by atoms with Crippen LogP contribution < -0.4 is 0 Å². The van der Waals surface area contributed by atoms with E-state index in [-0.39, 0.29) is 19.1 Å². The largest absolute Gasteiger partial charge is 0.444 e. The summed E-state index contributed by atoms with van der Waals surface area (Å²) in [5.41, 5.74) is -1.67. The van der Waals surface area contributed by atoms with E-state index < -0.39 is 44.4 Å². The first-order chi connectivity index (χ1) is 12.3. The topological polar surface area (TPSA) is 66.9 Å². The number of ether oxygens (including phenoxy) is 1. The van der Waals surface area contributed by atoms with Crippen LogP contribution in [0.2, 0.25) is 0 Å². The van der Waals surface area contributed by atoms with Crippen LogP contribution in [0.1, 0.15) is 32.8 Å². The second-order valence-electron chi connectivity index (χ2n) is 7.78. The molecule has 0 N–H and O–H groups in total. The van der Waals surface area contributed by atoms with Gasteiger partial charge in [-0.2, -0.15) is 17.5 Å². The number of carbonyl (C=O) groups excluding carboxylic acids is 1. The molecular formula is C17H21F3N2O4S. The van der Waals surface area contributed by atoms with Crippen molar-refractivity contribution in [3.63, 3.8) is 0 Å². The Balaban J connectivity index is 1.78. The third kappa shape index (κ3) is 3.91. The fourth-order valence-corrected chi connectivity index (χ4v) is 5.15. The van der Waals surface area contributed by atoms with Crippen LogP contribution in [-0.2, 0) is 20.9 Å². The Labute approximate surface area is 155 Å². The Bertz CT molecular complexity index is 848. The van der Waals surface area contributed by atoms with Gasteiger partial charge in [-0.05, 0) is 45.4 Å². The van der Waals surface area contributed by atoms with E-state index in [4.69, 9.17) is 4.74 Å². The van der Waals surface area contributed by atoms with E-state index in [1.165, 1.54) is 9.21 Å². The zero-order chi connectivity index (χ0) is 20.2. The molecule has 6 nitrogen and oxygen atoms in total. The average molecular weight is 406 g/mol. The highest BCUT2D eigenvalue weighted by molar-refractivity contribution is 7.89. The van der Waals surface area contributed by atoms with Crippen LogP contribution in [0.3, 0.4) is 0 Å². The number of likely N-dealkylation sites (tertiary alicyclic amines) is 1. The van der Waals surface area contributed by atoms with Crippen molar-refractivity contribution in [2.75, 3.05) is 13.1 Å². The zero-order valence-electron chi connectivity index (χ0n) is 15.2. The lowest BCUT2D eigenvalue weighted by Crippen LogP contribution is -2.51. The lowest BCUT2D eigenvalue weighted by atomic mass is 10.2. The molecule has 2 aliphatic heterocycles. The van der Waals surface area contributed by atoms with Crippen LogP contribution >= 0.6 is 0 Å². The van der Waals surface area contributed by atoms with Crippen molar-refractivity contribution in [3.8, 4) is 0 Å². The molecule has 0 aliphatic carbocycles. The van der Waals surface area contributed by atoms with Crippen LogP contribution in [-0.4, -0.2) is 54.5 Å². The van der Waals surface area contributed by atoms with E-state index in [0.29, 0.717) is 12.5 Å². The summed E-state index contributed by atoms with van der Waals surface area (Å²) in [7, 11) is -4.08. The third-order valence-corrected chi connectivity index (χ3v) is 6.50. The highest BCUT2D eigenvalue weighted by Gasteiger charge is 2.51. The lowest BCUT2D eigenvalue weighted by Gasteiger charge is -2.34. The first kappa shape index (κ1) is 19.9. The maximum absolute atomic E-state index is 12.9. The number of amides is 1. The number of carbonyl (C=O) groups is 1. The fourth-order valence-electron chi connectivity index (χ4n) is 3.44. The molecule has 0 saturated carbocycles. The number of piperazine rings is 1. The van der Waals surface area contributed by atoms with Crippen molar-refractivity contribution in [3.05, 3.63) is 29.8 Å². The Morgan fingerprint density at radius 3 is 2.33 bits per heavy atom. The monoisotopic (exact) mass is 406 g/mol. The van der Waals surface area contributed by atoms with Crippen molar-refractivity contribution in [2.24, 2.45) is 0 Å². The molecule has 2 fully saturated rings. The predicted molar refractivity (Wildman–Crippen MR) is 90.5 cm³/mol. The highest BCUT2D eigenvalue weighted by atomic mass is 32.2. The molecule has 1 aromatic carbocycles. The van der Waals surface area contributed by atoms with Crippen molar-refractivity contribution in [1.29, 1.82) is 0 Å². The summed E-state index contributed by atoms with van der Waals surface area (Å²) in [5.74, 6) is 0. The molecule has 150 valence electrons. The Kier molecular flexibility index (Phi) is 4.70. The predicted octanol–water partition coefficient (Wildman–Crippen LogP) is 3.09. The molecule has 0 unspecified atom stereocenters. The summed E-state index contributed by atoms with van der Waals surface area (Å²) in [5, 5.41) is 0. The number of alkyl halides is 3. The molecule has 27 heavy (non-hydrogen) atoms. The number of hydrogen-bond donors (Lipinski definition) is 0. The van der Waals surface area contributed by atoms with Gasteiger partial charge in [0, 0.05) is 19.1 Å². The number of fused-ring (bicyclic) bond motifs is 2. The molecular weight excluding hydrogens is 385 g/mol. The fraction of sp³-hybridized carbons (Fsp3) is 0.588. The van der Waals surface area contributed by atoms with E-state index in [9.17, 15) is 26.4 Å². The van der Waals surface area contributed by atoms with E-state index in [1.54, 1.807) is 20.8 Å². The summed E-state index contributed by atoms with van der Waals surface area (Å²) in [4.78, 5) is 13.3. The van der Waals surface area contributed by atoms with Gasteiger partial charge in [0.15, 0.2) is 0 Å². The molecule has 2 atom stereocenters. The molecule has 2 aliphatic rings. The molecule has 0 spiro atoms. The summed E-state index contributed by atoms with van der Waals surface area (Å²) in [6, 6.07) is 2.90. The Hall–Kier alpha value is -1.81. The summed E-state index contributed by atoms with van der Waals surface area (Å²) >= 11 is 0. The smallest absolute Gasteiger partial charge is 0.416 e. The second-order valence-corrected chi connectivity index (χ2v) is 9.67. The van der Waals surface area contributed by atoms with Crippen LogP contribution in [0.15, 0.2) is 29.2 Å². The summed E-state index contributed by atoms with van der Waals surface area (Å²) in [6.45, 7) is 5.43. The summed E-state index contributed by atoms with van der Waals surface area (Å²) in [6.07, 6.45) is -4.69. The van der Waals surface area contributed by atoms with Gasteiger partial charge in [0.05, 0.1) is 16.5 Å². The average Bonchev–Trinajstić information content (AvgIpc) is 3.13. The molecule has 3 rings (SSSR count). The van der Waals surface area contributed by atoms with Gasteiger partial charge in [0.25, 0.3) is 0 Å². The van der Waals surface area contributed by atoms with Gasteiger partial charge in [0.1, 0.15) is 5.60 Å². The second kappa shape index (κ2) is 6.37. The first-order valence-corrected chi connectivity index (χ1v) is 9.92. The van der Waals surface area contributed by atoms with E-state index in [2.05, 4.69) is 0 Å². The highest BCUT2D eigenvalue weighted by Crippen LogP contribution is 2.37. The quantitative estimate of drug-likeness (QED) is 0.757. The van der Waals surface area contributed by atoms with Crippen LogP contribution in [0, 0.1) is 0 Å². The number of rotatable bonds is 2. The van der Waals surface area contributed by atoms with Crippen LogP contribution in [0.4, 0.5) is 18.0 Å². The maximum Gasteiger partial charge on any atom is 0.416 e.